The normalized spacial score (nSPS) is 23.1. The van der Waals surface area contributed by atoms with Crippen molar-refractivity contribution in [1.29, 1.82) is 0 Å². The number of likely N-dealkylation sites (tertiary alicyclic amines) is 1. The molecule has 1 aliphatic rings. The highest BCUT2D eigenvalue weighted by atomic mass is 15.3. The number of piperidine rings is 1. The number of rotatable bonds is 4. The van der Waals surface area contributed by atoms with E-state index in [1.54, 1.807) is 0 Å². The Bertz CT molecular complexity index is 538. The fourth-order valence-corrected chi connectivity index (χ4v) is 3.35. The standard InChI is InChI=1S/C19H24N2/c1-20-19-14-18(17-10-6-3-7-11-17)12-13-21(19)15-16-8-4-2-5-9-16/h2-11,18-20H,12-15H2,1H3. The molecule has 2 aromatic carbocycles. The van der Waals surface area contributed by atoms with Gasteiger partial charge in [0.25, 0.3) is 0 Å². The Morgan fingerprint density at radius 2 is 1.67 bits per heavy atom. The van der Waals surface area contributed by atoms with Gasteiger partial charge >= 0.3 is 0 Å². The summed E-state index contributed by atoms with van der Waals surface area (Å²) in [5, 5.41) is 3.50. The van der Waals surface area contributed by atoms with E-state index in [0.717, 1.165) is 13.1 Å². The van der Waals surface area contributed by atoms with Crippen molar-refractivity contribution in [2.24, 2.45) is 0 Å². The summed E-state index contributed by atoms with van der Waals surface area (Å²) in [4.78, 5) is 2.56. The van der Waals surface area contributed by atoms with Crippen molar-refractivity contribution < 1.29 is 0 Å². The molecular weight excluding hydrogens is 256 g/mol. The highest BCUT2D eigenvalue weighted by Crippen LogP contribution is 2.31. The molecule has 0 saturated carbocycles. The van der Waals surface area contributed by atoms with E-state index in [-0.39, 0.29) is 0 Å². The number of nitrogens with one attached hydrogen (secondary N) is 1. The Morgan fingerprint density at radius 3 is 2.33 bits per heavy atom. The maximum Gasteiger partial charge on any atom is 0.0603 e. The van der Waals surface area contributed by atoms with Crippen molar-refractivity contribution in [2.45, 2.75) is 31.5 Å². The lowest BCUT2D eigenvalue weighted by Gasteiger charge is -2.39. The maximum atomic E-state index is 3.50. The molecule has 1 aliphatic heterocycles. The van der Waals surface area contributed by atoms with Crippen LogP contribution in [0.5, 0.6) is 0 Å². The molecule has 0 spiro atoms. The molecule has 2 unspecified atom stereocenters. The number of hydrogen-bond donors (Lipinski definition) is 1. The molecule has 110 valence electrons. The van der Waals surface area contributed by atoms with Crippen LogP contribution < -0.4 is 5.32 Å². The van der Waals surface area contributed by atoms with Crippen molar-refractivity contribution in [1.82, 2.24) is 10.2 Å². The summed E-state index contributed by atoms with van der Waals surface area (Å²) >= 11 is 0. The molecule has 1 fully saturated rings. The van der Waals surface area contributed by atoms with Crippen molar-refractivity contribution >= 4 is 0 Å². The van der Waals surface area contributed by atoms with Gasteiger partial charge in [-0.3, -0.25) is 4.90 Å². The van der Waals surface area contributed by atoms with Crippen molar-refractivity contribution in [3.63, 3.8) is 0 Å². The maximum absolute atomic E-state index is 3.50. The van der Waals surface area contributed by atoms with Gasteiger partial charge in [0.1, 0.15) is 0 Å². The molecule has 21 heavy (non-hydrogen) atoms. The Hall–Kier alpha value is -1.64. The molecule has 1 N–H and O–H groups in total. The van der Waals surface area contributed by atoms with Gasteiger partial charge in [-0.1, -0.05) is 60.7 Å². The van der Waals surface area contributed by atoms with Gasteiger partial charge < -0.3 is 5.32 Å². The summed E-state index contributed by atoms with van der Waals surface area (Å²) in [5.41, 5.74) is 2.88. The number of hydrogen-bond acceptors (Lipinski definition) is 2. The Balaban J connectivity index is 1.67. The first-order valence-electron chi connectivity index (χ1n) is 7.87. The lowest BCUT2D eigenvalue weighted by molar-refractivity contribution is 0.107. The van der Waals surface area contributed by atoms with E-state index in [0.29, 0.717) is 12.1 Å². The number of benzene rings is 2. The van der Waals surface area contributed by atoms with Gasteiger partial charge in [0.05, 0.1) is 6.17 Å². The van der Waals surface area contributed by atoms with Gasteiger partial charge in [0.15, 0.2) is 0 Å². The molecule has 0 radical (unpaired) electrons. The average Bonchev–Trinajstić information content (AvgIpc) is 2.57. The van der Waals surface area contributed by atoms with Gasteiger partial charge in [0.2, 0.25) is 0 Å². The molecule has 0 aliphatic carbocycles. The molecule has 1 heterocycles. The van der Waals surface area contributed by atoms with E-state index in [1.165, 1.54) is 24.0 Å². The zero-order valence-electron chi connectivity index (χ0n) is 12.7. The van der Waals surface area contributed by atoms with E-state index in [4.69, 9.17) is 0 Å². The van der Waals surface area contributed by atoms with Crippen LogP contribution in [0.2, 0.25) is 0 Å². The summed E-state index contributed by atoms with van der Waals surface area (Å²) in [6.07, 6.45) is 2.90. The van der Waals surface area contributed by atoms with E-state index >= 15 is 0 Å². The molecule has 2 atom stereocenters. The van der Waals surface area contributed by atoms with Crippen LogP contribution >= 0.6 is 0 Å². The Morgan fingerprint density at radius 1 is 1.00 bits per heavy atom. The van der Waals surface area contributed by atoms with Crippen LogP contribution in [0, 0.1) is 0 Å². The van der Waals surface area contributed by atoms with Gasteiger partial charge in [-0.15, -0.1) is 0 Å². The van der Waals surface area contributed by atoms with Gasteiger partial charge in [0, 0.05) is 13.1 Å². The molecule has 0 bridgehead atoms. The van der Waals surface area contributed by atoms with Crippen LogP contribution in [0.3, 0.4) is 0 Å². The van der Waals surface area contributed by atoms with E-state index in [9.17, 15) is 0 Å². The van der Waals surface area contributed by atoms with Crippen molar-refractivity contribution in [3.8, 4) is 0 Å². The SMILES string of the molecule is CNC1CC(c2ccccc2)CCN1Cc1ccccc1. The van der Waals surface area contributed by atoms with Gasteiger partial charge in [-0.2, -0.15) is 0 Å². The largest absolute Gasteiger partial charge is 0.305 e. The topological polar surface area (TPSA) is 15.3 Å². The molecule has 0 aromatic heterocycles. The first-order chi connectivity index (χ1) is 10.4. The zero-order chi connectivity index (χ0) is 14.5. The van der Waals surface area contributed by atoms with Crippen molar-refractivity contribution in [2.75, 3.05) is 13.6 Å². The smallest absolute Gasteiger partial charge is 0.0603 e. The first-order valence-corrected chi connectivity index (χ1v) is 7.87. The first kappa shape index (κ1) is 14.3. The second-order valence-electron chi connectivity index (χ2n) is 5.89. The summed E-state index contributed by atoms with van der Waals surface area (Å²) in [5.74, 6) is 0.677. The third-order valence-electron chi connectivity index (χ3n) is 4.55. The molecule has 2 heteroatoms. The number of nitrogens with zero attached hydrogens (tertiary/aromatic N) is 1. The minimum atomic E-state index is 0.462. The fraction of sp³-hybridized carbons (Fsp3) is 0.368. The quantitative estimate of drug-likeness (QED) is 0.920. The van der Waals surface area contributed by atoms with Gasteiger partial charge in [-0.25, -0.2) is 0 Å². The highest BCUT2D eigenvalue weighted by molar-refractivity contribution is 5.21. The second-order valence-corrected chi connectivity index (χ2v) is 5.89. The predicted molar refractivity (Wildman–Crippen MR) is 88.1 cm³/mol. The van der Waals surface area contributed by atoms with Crippen molar-refractivity contribution in [3.05, 3.63) is 71.8 Å². The van der Waals surface area contributed by atoms with E-state index < -0.39 is 0 Å². The molecule has 2 aromatic rings. The van der Waals surface area contributed by atoms with Crippen LogP contribution in [0.4, 0.5) is 0 Å². The molecule has 0 amide bonds. The lowest BCUT2D eigenvalue weighted by atomic mass is 9.87. The lowest BCUT2D eigenvalue weighted by Crippen LogP contribution is -2.48. The molecule has 2 nitrogen and oxygen atoms in total. The molecular formula is C19H24N2. The predicted octanol–water partition coefficient (Wildman–Crippen LogP) is 3.61. The Labute approximate surface area is 127 Å². The van der Waals surface area contributed by atoms with Gasteiger partial charge in [-0.05, 0) is 36.9 Å². The zero-order valence-corrected chi connectivity index (χ0v) is 12.7. The summed E-state index contributed by atoms with van der Waals surface area (Å²) in [6.45, 7) is 2.19. The average molecular weight is 280 g/mol. The fourth-order valence-electron chi connectivity index (χ4n) is 3.35. The van der Waals surface area contributed by atoms with Crippen LogP contribution in [0.15, 0.2) is 60.7 Å². The third kappa shape index (κ3) is 3.52. The second kappa shape index (κ2) is 6.88. The monoisotopic (exact) mass is 280 g/mol. The van der Waals surface area contributed by atoms with Crippen LogP contribution in [0.25, 0.3) is 0 Å². The summed E-state index contributed by atoms with van der Waals surface area (Å²) < 4.78 is 0. The molecule has 3 rings (SSSR count). The highest BCUT2D eigenvalue weighted by Gasteiger charge is 2.28. The molecule has 1 saturated heterocycles. The van der Waals surface area contributed by atoms with E-state index in [1.807, 2.05) is 0 Å². The van der Waals surface area contributed by atoms with Crippen LogP contribution in [-0.2, 0) is 6.54 Å². The Kier molecular flexibility index (Phi) is 4.69. The summed E-state index contributed by atoms with van der Waals surface area (Å²) in [7, 11) is 2.08. The minimum absolute atomic E-state index is 0.462. The summed E-state index contributed by atoms with van der Waals surface area (Å²) in [6, 6.07) is 21.7. The van der Waals surface area contributed by atoms with Crippen LogP contribution in [0.1, 0.15) is 29.9 Å². The van der Waals surface area contributed by atoms with Crippen LogP contribution in [-0.4, -0.2) is 24.7 Å². The van der Waals surface area contributed by atoms with E-state index in [2.05, 4.69) is 77.9 Å². The third-order valence-corrected chi connectivity index (χ3v) is 4.55. The minimum Gasteiger partial charge on any atom is -0.305 e.